The smallest absolute Gasteiger partial charge is 0.319 e. The highest BCUT2D eigenvalue weighted by molar-refractivity contribution is 5.71. The molecule has 2 saturated carbocycles. The van der Waals surface area contributed by atoms with Crippen LogP contribution in [-0.2, 0) is 9.53 Å². The van der Waals surface area contributed by atoms with Crippen LogP contribution in [0.3, 0.4) is 0 Å². The minimum atomic E-state index is -0.161. The zero-order valence-electron chi connectivity index (χ0n) is 8.14. The maximum absolute atomic E-state index is 10.8. The van der Waals surface area contributed by atoms with Gasteiger partial charge in [0.2, 0.25) is 0 Å². The highest BCUT2D eigenvalue weighted by Gasteiger charge is 2.53. The first kappa shape index (κ1) is 9.00. The van der Waals surface area contributed by atoms with Crippen molar-refractivity contribution in [2.45, 2.75) is 25.7 Å². The van der Waals surface area contributed by atoms with Gasteiger partial charge in [0.1, 0.15) is 0 Å². The normalized spacial score (nSPS) is 24.1. The molecule has 0 aromatic heterocycles. The molecule has 0 spiro atoms. The highest BCUT2D eigenvalue weighted by Crippen LogP contribution is 2.60. The molecule has 2 fully saturated rings. The largest absolute Gasteiger partial charge is 0.468 e. The van der Waals surface area contributed by atoms with Gasteiger partial charge in [-0.05, 0) is 37.0 Å². The van der Waals surface area contributed by atoms with Crippen LogP contribution in [0.1, 0.15) is 25.7 Å². The van der Waals surface area contributed by atoms with E-state index in [1.54, 1.807) is 0 Å². The molecule has 0 atom stereocenters. The fourth-order valence-corrected chi connectivity index (χ4v) is 2.07. The second kappa shape index (κ2) is 3.29. The van der Waals surface area contributed by atoms with E-state index in [-0.39, 0.29) is 5.97 Å². The van der Waals surface area contributed by atoms with Crippen LogP contribution in [0.25, 0.3) is 0 Å². The molecule has 2 rings (SSSR count). The van der Waals surface area contributed by atoms with Crippen molar-refractivity contribution in [3.8, 4) is 0 Å². The summed E-state index contributed by atoms with van der Waals surface area (Å²) in [5.74, 6) is 0.796. The van der Waals surface area contributed by atoms with Crippen LogP contribution < -0.4 is 5.32 Å². The molecule has 0 saturated heterocycles. The predicted molar refractivity (Wildman–Crippen MR) is 49.3 cm³/mol. The Balaban J connectivity index is 1.65. The van der Waals surface area contributed by atoms with Gasteiger partial charge in [0, 0.05) is 6.54 Å². The molecule has 0 aromatic rings. The summed E-state index contributed by atoms with van der Waals surface area (Å²) >= 11 is 0. The van der Waals surface area contributed by atoms with Gasteiger partial charge in [-0.25, -0.2) is 0 Å². The van der Waals surface area contributed by atoms with Crippen molar-refractivity contribution in [2.75, 3.05) is 20.2 Å². The molecule has 3 heteroatoms. The lowest BCUT2D eigenvalue weighted by atomic mass is 10.0. The first-order valence-electron chi connectivity index (χ1n) is 5.04. The van der Waals surface area contributed by atoms with Crippen molar-refractivity contribution < 1.29 is 9.53 Å². The maximum Gasteiger partial charge on any atom is 0.319 e. The molecule has 0 bridgehead atoms. The van der Waals surface area contributed by atoms with Crippen LogP contribution in [0.5, 0.6) is 0 Å². The fourth-order valence-electron chi connectivity index (χ4n) is 2.07. The van der Waals surface area contributed by atoms with Crippen LogP contribution in [0.15, 0.2) is 0 Å². The number of rotatable bonds is 5. The molecule has 0 aliphatic heterocycles. The lowest BCUT2D eigenvalue weighted by molar-refractivity contribution is -0.139. The lowest BCUT2D eigenvalue weighted by Gasteiger charge is -2.13. The Morgan fingerprint density at radius 3 is 2.69 bits per heavy atom. The monoisotopic (exact) mass is 183 g/mol. The average molecular weight is 183 g/mol. The van der Waals surface area contributed by atoms with E-state index in [9.17, 15) is 4.79 Å². The van der Waals surface area contributed by atoms with Crippen LogP contribution in [0, 0.1) is 11.3 Å². The van der Waals surface area contributed by atoms with Gasteiger partial charge in [-0.15, -0.1) is 0 Å². The summed E-state index contributed by atoms with van der Waals surface area (Å²) in [6.45, 7) is 1.37. The molecule has 2 aliphatic rings. The van der Waals surface area contributed by atoms with E-state index in [0.717, 1.165) is 12.5 Å². The van der Waals surface area contributed by atoms with Crippen molar-refractivity contribution in [1.82, 2.24) is 5.32 Å². The van der Waals surface area contributed by atoms with E-state index < -0.39 is 0 Å². The number of hydrogen-bond acceptors (Lipinski definition) is 3. The van der Waals surface area contributed by atoms with Crippen molar-refractivity contribution in [2.24, 2.45) is 11.3 Å². The molecular weight excluding hydrogens is 166 g/mol. The Morgan fingerprint density at radius 1 is 1.54 bits per heavy atom. The Kier molecular flexibility index (Phi) is 2.28. The third-order valence-corrected chi connectivity index (χ3v) is 3.31. The van der Waals surface area contributed by atoms with Crippen molar-refractivity contribution in [1.29, 1.82) is 0 Å². The summed E-state index contributed by atoms with van der Waals surface area (Å²) < 4.78 is 4.56. The summed E-state index contributed by atoms with van der Waals surface area (Å²) in [6.07, 6.45) is 5.51. The van der Waals surface area contributed by atoms with Crippen LogP contribution in [0.4, 0.5) is 0 Å². The SMILES string of the molecule is COC(=O)CNCC1(C2CC2)CC1. The molecule has 0 amide bonds. The van der Waals surface area contributed by atoms with Gasteiger partial charge in [0.25, 0.3) is 0 Å². The molecule has 0 unspecified atom stereocenters. The molecular formula is C10H17NO2. The molecule has 74 valence electrons. The number of nitrogens with one attached hydrogen (secondary N) is 1. The molecule has 3 nitrogen and oxygen atoms in total. The Hall–Kier alpha value is -0.570. The first-order valence-corrected chi connectivity index (χ1v) is 5.04. The molecule has 13 heavy (non-hydrogen) atoms. The molecule has 0 heterocycles. The van der Waals surface area contributed by atoms with Gasteiger partial charge in [-0.3, -0.25) is 4.79 Å². The third-order valence-electron chi connectivity index (χ3n) is 3.31. The second-order valence-electron chi connectivity index (χ2n) is 4.32. The average Bonchev–Trinajstić information content (AvgIpc) is 2.96. The second-order valence-corrected chi connectivity index (χ2v) is 4.32. The zero-order valence-corrected chi connectivity index (χ0v) is 8.14. The number of carbonyl (C=O) groups excluding carboxylic acids is 1. The number of esters is 1. The Bertz CT molecular complexity index is 207. The van der Waals surface area contributed by atoms with Gasteiger partial charge >= 0.3 is 5.97 Å². The number of methoxy groups -OCH3 is 1. The van der Waals surface area contributed by atoms with Gasteiger partial charge in [-0.1, -0.05) is 0 Å². The van der Waals surface area contributed by atoms with Gasteiger partial charge in [0.05, 0.1) is 13.7 Å². The quantitative estimate of drug-likeness (QED) is 0.645. The number of ether oxygens (including phenoxy) is 1. The van der Waals surface area contributed by atoms with Gasteiger partial charge in [0.15, 0.2) is 0 Å². The van der Waals surface area contributed by atoms with E-state index in [2.05, 4.69) is 10.1 Å². The van der Waals surface area contributed by atoms with Gasteiger partial charge < -0.3 is 10.1 Å². The molecule has 0 aromatic carbocycles. The molecule has 0 radical (unpaired) electrons. The van der Waals surface area contributed by atoms with E-state index in [0.29, 0.717) is 12.0 Å². The predicted octanol–water partition coefficient (Wildman–Crippen LogP) is 0.939. The van der Waals surface area contributed by atoms with E-state index in [1.165, 1.54) is 32.8 Å². The minimum Gasteiger partial charge on any atom is -0.468 e. The lowest BCUT2D eigenvalue weighted by Crippen LogP contribution is -2.30. The van der Waals surface area contributed by atoms with Crippen molar-refractivity contribution in [3.63, 3.8) is 0 Å². The standard InChI is InChI=1S/C10H17NO2/c1-13-9(12)6-11-7-10(4-5-10)8-2-3-8/h8,11H,2-7H2,1H3. The highest BCUT2D eigenvalue weighted by atomic mass is 16.5. The van der Waals surface area contributed by atoms with Crippen LogP contribution in [-0.4, -0.2) is 26.2 Å². The van der Waals surface area contributed by atoms with Gasteiger partial charge in [-0.2, -0.15) is 0 Å². The summed E-state index contributed by atoms with van der Waals surface area (Å²) in [7, 11) is 1.43. The molecule has 2 aliphatic carbocycles. The topological polar surface area (TPSA) is 38.3 Å². The summed E-state index contributed by atoms with van der Waals surface area (Å²) in [6, 6.07) is 0. The van der Waals surface area contributed by atoms with E-state index in [4.69, 9.17) is 0 Å². The van der Waals surface area contributed by atoms with Crippen molar-refractivity contribution in [3.05, 3.63) is 0 Å². The van der Waals surface area contributed by atoms with E-state index in [1.807, 2.05) is 0 Å². The van der Waals surface area contributed by atoms with Crippen LogP contribution >= 0.6 is 0 Å². The third kappa shape index (κ3) is 2.02. The van der Waals surface area contributed by atoms with Crippen LogP contribution in [0.2, 0.25) is 0 Å². The fraction of sp³-hybridized carbons (Fsp3) is 0.900. The van der Waals surface area contributed by atoms with E-state index >= 15 is 0 Å². The number of hydrogen-bond donors (Lipinski definition) is 1. The number of carbonyl (C=O) groups is 1. The maximum atomic E-state index is 10.8. The summed E-state index contributed by atoms with van der Waals surface area (Å²) in [4.78, 5) is 10.8. The first-order chi connectivity index (χ1) is 6.27. The summed E-state index contributed by atoms with van der Waals surface area (Å²) in [5.41, 5.74) is 0.577. The Labute approximate surface area is 78.8 Å². The minimum absolute atomic E-state index is 0.161. The summed E-state index contributed by atoms with van der Waals surface area (Å²) in [5, 5.41) is 3.19. The van der Waals surface area contributed by atoms with Crippen molar-refractivity contribution >= 4 is 5.97 Å². The zero-order chi connectivity index (χ0) is 9.31. The Morgan fingerprint density at radius 2 is 2.23 bits per heavy atom. The molecule has 1 N–H and O–H groups in total.